The number of carbonyl (C=O) groups is 1. The van der Waals surface area contributed by atoms with Crippen LogP contribution >= 0.6 is 22.6 Å². The van der Waals surface area contributed by atoms with E-state index < -0.39 is 12.6 Å². The fourth-order valence-corrected chi connectivity index (χ4v) is 1.98. The van der Waals surface area contributed by atoms with Crippen molar-refractivity contribution in [2.75, 3.05) is 6.61 Å². The van der Waals surface area contributed by atoms with E-state index in [1.165, 1.54) is 0 Å². The number of aldehydes is 1. The number of hydrogen-bond donors (Lipinski definition) is 0. The van der Waals surface area contributed by atoms with Crippen LogP contribution in [0.15, 0.2) is 24.3 Å². The maximum Gasteiger partial charge on any atom is 0.389 e. The van der Waals surface area contributed by atoms with Gasteiger partial charge in [-0.2, -0.15) is 13.2 Å². The second kappa shape index (κ2) is 7.72. The Labute approximate surface area is 123 Å². The normalized spacial score (nSPS) is 13.1. The van der Waals surface area contributed by atoms with Crippen molar-refractivity contribution in [2.45, 2.75) is 29.4 Å². The van der Waals surface area contributed by atoms with Crippen LogP contribution in [0.4, 0.5) is 13.2 Å². The second-order valence-corrected chi connectivity index (χ2v) is 5.84. The van der Waals surface area contributed by atoms with Gasteiger partial charge >= 0.3 is 6.18 Å². The Morgan fingerprint density at radius 2 is 1.84 bits per heavy atom. The van der Waals surface area contributed by atoms with Crippen molar-refractivity contribution in [3.8, 4) is 5.75 Å². The third kappa shape index (κ3) is 7.39. The minimum absolute atomic E-state index is 0.0616. The Kier molecular flexibility index (Phi) is 6.60. The van der Waals surface area contributed by atoms with Crippen molar-refractivity contribution in [3.63, 3.8) is 0 Å². The number of rotatable bonds is 7. The fourth-order valence-electron chi connectivity index (χ4n) is 1.41. The van der Waals surface area contributed by atoms with Gasteiger partial charge in [0.2, 0.25) is 0 Å². The molecule has 106 valence electrons. The summed E-state index contributed by atoms with van der Waals surface area (Å²) in [4.78, 5) is 10.4. The lowest BCUT2D eigenvalue weighted by atomic mass is 10.2. The van der Waals surface area contributed by atoms with E-state index in [2.05, 4.69) is 0 Å². The molecule has 1 atom stereocenters. The molecular weight excluding hydrogens is 372 g/mol. The quantitative estimate of drug-likeness (QED) is 0.394. The predicted octanol–water partition coefficient (Wildman–Crippen LogP) is 4.41. The third-order valence-corrected chi connectivity index (χ3v) is 3.70. The van der Waals surface area contributed by atoms with Crippen LogP contribution in [0.1, 0.15) is 29.6 Å². The molecular formula is C13H14F3IO2. The van der Waals surface area contributed by atoms with Crippen LogP contribution in [0.2, 0.25) is 0 Å². The molecule has 2 nitrogen and oxygen atoms in total. The average Bonchev–Trinajstić information content (AvgIpc) is 2.36. The molecule has 0 aromatic heterocycles. The van der Waals surface area contributed by atoms with Crippen molar-refractivity contribution in [1.29, 1.82) is 0 Å². The summed E-state index contributed by atoms with van der Waals surface area (Å²) in [5, 5.41) is 0. The Hall–Kier alpha value is -0.790. The van der Waals surface area contributed by atoms with Gasteiger partial charge in [0.1, 0.15) is 12.0 Å². The summed E-state index contributed by atoms with van der Waals surface area (Å²) in [6.07, 6.45) is -3.44. The summed E-state index contributed by atoms with van der Waals surface area (Å²) in [7, 11) is 0. The van der Waals surface area contributed by atoms with E-state index in [0.717, 1.165) is 6.29 Å². The highest BCUT2D eigenvalue weighted by atomic mass is 127. The first-order valence-electron chi connectivity index (χ1n) is 5.79. The largest absolute Gasteiger partial charge is 0.494 e. The molecule has 1 rings (SSSR count). The first-order valence-corrected chi connectivity index (χ1v) is 7.04. The van der Waals surface area contributed by atoms with E-state index in [1.54, 1.807) is 24.3 Å². The molecule has 0 N–H and O–H groups in total. The zero-order valence-electron chi connectivity index (χ0n) is 10.1. The van der Waals surface area contributed by atoms with Crippen LogP contribution in [-0.4, -0.2) is 23.0 Å². The van der Waals surface area contributed by atoms with Crippen LogP contribution in [0, 0.1) is 0 Å². The fraction of sp³-hybridized carbons (Fsp3) is 0.462. The highest BCUT2D eigenvalue weighted by molar-refractivity contribution is 14.1. The molecule has 0 radical (unpaired) electrons. The molecule has 0 amide bonds. The molecule has 0 aliphatic rings. The average molecular weight is 386 g/mol. The lowest BCUT2D eigenvalue weighted by molar-refractivity contribution is -0.135. The van der Waals surface area contributed by atoms with Crippen molar-refractivity contribution < 1.29 is 22.7 Å². The molecule has 19 heavy (non-hydrogen) atoms. The zero-order valence-corrected chi connectivity index (χ0v) is 12.3. The van der Waals surface area contributed by atoms with E-state index in [0.29, 0.717) is 24.3 Å². The molecule has 1 aromatic carbocycles. The summed E-state index contributed by atoms with van der Waals surface area (Å²) < 4.78 is 41.4. The molecule has 1 aromatic rings. The van der Waals surface area contributed by atoms with Gasteiger partial charge in [-0.1, -0.05) is 22.6 Å². The summed E-state index contributed by atoms with van der Waals surface area (Å²) in [5.41, 5.74) is 0.560. The number of carbonyl (C=O) groups excluding carboxylic acids is 1. The lowest BCUT2D eigenvalue weighted by Crippen LogP contribution is -2.12. The summed E-state index contributed by atoms with van der Waals surface area (Å²) in [6.45, 7) is 0.367. The first-order chi connectivity index (χ1) is 8.90. The summed E-state index contributed by atoms with van der Waals surface area (Å²) >= 11 is 2.01. The lowest BCUT2D eigenvalue weighted by Gasteiger charge is -2.12. The molecule has 0 aliphatic carbocycles. The number of ether oxygens (including phenoxy) is 1. The zero-order chi connectivity index (χ0) is 14.3. The number of halogens is 4. The van der Waals surface area contributed by atoms with E-state index in [-0.39, 0.29) is 10.3 Å². The van der Waals surface area contributed by atoms with E-state index >= 15 is 0 Å². The first kappa shape index (κ1) is 16.3. The number of alkyl halides is 4. The van der Waals surface area contributed by atoms with Crippen LogP contribution in [0.3, 0.4) is 0 Å². The Balaban J connectivity index is 2.23. The SMILES string of the molecule is O=Cc1ccc(OCCC(I)CCC(F)(F)F)cc1. The Bertz CT molecular complexity index is 390. The predicted molar refractivity (Wildman–Crippen MR) is 75.0 cm³/mol. The van der Waals surface area contributed by atoms with Crippen LogP contribution in [-0.2, 0) is 0 Å². The van der Waals surface area contributed by atoms with Crippen molar-refractivity contribution in [1.82, 2.24) is 0 Å². The highest BCUT2D eigenvalue weighted by Crippen LogP contribution is 2.25. The van der Waals surface area contributed by atoms with Crippen LogP contribution in [0.25, 0.3) is 0 Å². The molecule has 0 spiro atoms. The minimum Gasteiger partial charge on any atom is -0.494 e. The van der Waals surface area contributed by atoms with Gasteiger partial charge in [0, 0.05) is 15.9 Å². The second-order valence-electron chi connectivity index (χ2n) is 4.08. The van der Waals surface area contributed by atoms with Gasteiger partial charge in [-0.3, -0.25) is 4.79 Å². The van der Waals surface area contributed by atoms with Gasteiger partial charge in [0.15, 0.2) is 0 Å². The Morgan fingerprint density at radius 3 is 2.37 bits per heavy atom. The van der Waals surface area contributed by atoms with Gasteiger partial charge in [-0.05, 0) is 37.1 Å². The molecule has 0 fully saturated rings. The van der Waals surface area contributed by atoms with Gasteiger partial charge < -0.3 is 4.74 Å². The molecule has 0 saturated heterocycles. The van der Waals surface area contributed by atoms with E-state index in [1.807, 2.05) is 22.6 Å². The van der Waals surface area contributed by atoms with Crippen LogP contribution in [0.5, 0.6) is 5.75 Å². The third-order valence-electron chi connectivity index (χ3n) is 2.46. The molecule has 6 heteroatoms. The van der Waals surface area contributed by atoms with E-state index in [9.17, 15) is 18.0 Å². The van der Waals surface area contributed by atoms with Crippen molar-refractivity contribution >= 4 is 28.9 Å². The monoisotopic (exact) mass is 386 g/mol. The van der Waals surface area contributed by atoms with Crippen molar-refractivity contribution in [3.05, 3.63) is 29.8 Å². The number of benzene rings is 1. The molecule has 0 bridgehead atoms. The summed E-state index contributed by atoms with van der Waals surface area (Å²) in [6, 6.07) is 6.60. The van der Waals surface area contributed by atoms with E-state index in [4.69, 9.17) is 4.74 Å². The topological polar surface area (TPSA) is 26.3 Å². The van der Waals surface area contributed by atoms with Gasteiger partial charge in [-0.25, -0.2) is 0 Å². The van der Waals surface area contributed by atoms with Gasteiger partial charge in [0.25, 0.3) is 0 Å². The summed E-state index contributed by atoms with van der Waals surface area (Å²) in [5.74, 6) is 0.616. The smallest absolute Gasteiger partial charge is 0.389 e. The van der Waals surface area contributed by atoms with Crippen molar-refractivity contribution in [2.24, 2.45) is 0 Å². The number of hydrogen-bond acceptors (Lipinski definition) is 2. The highest BCUT2D eigenvalue weighted by Gasteiger charge is 2.27. The molecule has 0 saturated carbocycles. The minimum atomic E-state index is -4.09. The molecule has 0 heterocycles. The molecule has 0 aliphatic heterocycles. The van der Waals surface area contributed by atoms with Gasteiger partial charge in [0.05, 0.1) is 6.61 Å². The molecule has 1 unspecified atom stereocenters. The maximum absolute atomic E-state index is 12.0. The Morgan fingerprint density at radius 1 is 1.21 bits per heavy atom. The van der Waals surface area contributed by atoms with Gasteiger partial charge in [-0.15, -0.1) is 0 Å². The standard InChI is InChI=1S/C13H14F3IO2/c14-13(15,16)7-5-11(17)6-8-19-12-3-1-10(9-18)2-4-12/h1-4,9,11H,5-8H2. The maximum atomic E-state index is 12.0. The van der Waals surface area contributed by atoms with Crippen LogP contribution < -0.4 is 4.74 Å².